The van der Waals surface area contributed by atoms with Crippen molar-refractivity contribution in [3.8, 4) is 0 Å². The molecule has 0 aromatic carbocycles. The maximum absolute atomic E-state index is 12.3. The largest absolute Gasteiger partial charge is 0.317 e. The van der Waals surface area contributed by atoms with Crippen molar-refractivity contribution in [3.05, 3.63) is 21.9 Å². The number of hydrogen-bond donors (Lipinski definition) is 1. The Balaban J connectivity index is 2.00. The van der Waals surface area contributed by atoms with Crippen LogP contribution in [0.3, 0.4) is 0 Å². The topological polar surface area (TPSA) is 29.1 Å². The Bertz CT molecular complexity index is 364. The highest BCUT2D eigenvalue weighted by Crippen LogP contribution is 2.29. The third-order valence-corrected chi connectivity index (χ3v) is 4.62. The molecule has 1 aromatic heterocycles. The first-order chi connectivity index (χ1) is 7.72. The van der Waals surface area contributed by atoms with Gasteiger partial charge in [0.25, 0.3) is 0 Å². The predicted molar refractivity (Wildman–Crippen MR) is 68.2 cm³/mol. The van der Waals surface area contributed by atoms with Gasteiger partial charge in [0, 0.05) is 12.0 Å². The highest BCUT2D eigenvalue weighted by molar-refractivity contribution is 7.12. The van der Waals surface area contributed by atoms with Gasteiger partial charge in [0.2, 0.25) is 0 Å². The minimum Gasteiger partial charge on any atom is -0.317 e. The first kappa shape index (κ1) is 11.8. The van der Waals surface area contributed by atoms with E-state index in [9.17, 15) is 4.79 Å². The lowest BCUT2D eigenvalue weighted by atomic mass is 9.83. The lowest BCUT2D eigenvalue weighted by Gasteiger charge is -2.27. The molecule has 0 radical (unpaired) electrons. The van der Waals surface area contributed by atoms with Crippen LogP contribution in [0.5, 0.6) is 0 Å². The Labute approximate surface area is 101 Å². The van der Waals surface area contributed by atoms with E-state index in [4.69, 9.17) is 0 Å². The van der Waals surface area contributed by atoms with Gasteiger partial charge in [0.1, 0.15) is 0 Å². The normalized spacial score (nSPS) is 25.6. The van der Waals surface area contributed by atoms with Crippen LogP contribution in [0.15, 0.2) is 11.4 Å². The van der Waals surface area contributed by atoms with Crippen molar-refractivity contribution in [2.24, 2.45) is 5.92 Å². The number of ketones is 1. The highest BCUT2D eigenvalue weighted by Gasteiger charge is 2.27. The summed E-state index contributed by atoms with van der Waals surface area (Å²) in [6, 6.07) is 2.66. The van der Waals surface area contributed by atoms with Crippen LogP contribution in [0.1, 0.15) is 40.9 Å². The number of aryl methyl sites for hydroxylation is 1. The van der Waals surface area contributed by atoms with Gasteiger partial charge >= 0.3 is 0 Å². The molecule has 0 aliphatic heterocycles. The molecule has 2 nitrogen and oxygen atoms in total. The maximum Gasteiger partial charge on any atom is 0.176 e. The molecule has 88 valence electrons. The van der Waals surface area contributed by atoms with Crippen molar-refractivity contribution in [3.63, 3.8) is 0 Å². The summed E-state index contributed by atoms with van der Waals surface area (Å²) < 4.78 is 0. The van der Waals surface area contributed by atoms with Crippen LogP contribution in [0.2, 0.25) is 0 Å². The molecule has 1 saturated carbocycles. The number of carbonyl (C=O) groups excluding carboxylic acids is 1. The summed E-state index contributed by atoms with van der Waals surface area (Å²) >= 11 is 1.59. The second kappa shape index (κ2) is 5.11. The van der Waals surface area contributed by atoms with Gasteiger partial charge in [-0.15, -0.1) is 11.3 Å². The molecule has 3 heteroatoms. The Morgan fingerprint density at radius 1 is 1.38 bits per heavy atom. The minimum atomic E-state index is 0.266. The molecule has 0 amide bonds. The van der Waals surface area contributed by atoms with Gasteiger partial charge in [-0.05, 0) is 56.7 Å². The molecule has 1 fully saturated rings. The van der Waals surface area contributed by atoms with E-state index in [-0.39, 0.29) is 5.92 Å². The number of carbonyl (C=O) groups is 1. The van der Waals surface area contributed by atoms with E-state index < -0.39 is 0 Å². The fourth-order valence-corrected chi connectivity index (χ4v) is 3.40. The van der Waals surface area contributed by atoms with E-state index in [0.29, 0.717) is 11.8 Å². The number of nitrogens with one attached hydrogen (secondary N) is 1. The van der Waals surface area contributed by atoms with Gasteiger partial charge in [0.15, 0.2) is 5.78 Å². The SMILES string of the molecule is CNC1CCC(C(=O)c2sccc2C)CC1. The van der Waals surface area contributed by atoms with Crippen molar-refractivity contribution >= 4 is 17.1 Å². The van der Waals surface area contributed by atoms with Crippen molar-refractivity contribution in [2.45, 2.75) is 38.6 Å². The first-order valence-electron chi connectivity index (χ1n) is 5.98. The molecule has 1 heterocycles. The Morgan fingerprint density at radius 3 is 2.56 bits per heavy atom. The van der Waals surface area contributed by atoms with Crippen LogP contribution < -0.4 is 5.32 Å². The maximum atomic E-state index is 12.3. The molecule has 16 heavy (non-hydrogen) atoms. The molecule has 0 atom stereocenters. The van der Waals surface area contributed by atoms with E-state index in [1.165, 1.54) is 0 Å². The van der Waals surface area contributed by atoms with Gasteiger partial charge in [-0.25, -0.2) is 0 Å². The molecule has 1 N–H and O–H groups in total. The van der Waals surface area contributed by atoms with Crippen LogP contribution in [0, 0.1) is 12.8 Å². The van der Waals surface area contributed by atoms with E-state index in [1.54, 1.807) is 11.3 Å². The van der Waals surface area contributed by atoms with Crippen molar-refractivity contribution < 1.29 is 4.79 Å². The Hall–Kier alpha value is -0.670. The van der Waals surface area contributed by atoms with Crippen molar-refractivity contribution in [1.29, 1.82) is 0 Å². The Morgan fingerprint density at radius 2 is 2.06 bits per heavy atom. The summed E-state index contributed by atoms with van der Waals surface area (Å²) in [6.45, 7) is 2.03. The molecule has 0 unspecified atom stereocenters. The summed E-state index contributed by atoms with van der Waals surface area (Å²) in [5.74, 6) is 0.643. The van der Waals surface area contributed by atoms with E-state index >= 15 is 0 Å². The molecular formula is C13H19NOS. The van der Waals surface area contributed by atoms with E-state index in [0.717, 1.165) is 36.1 Å². The van der Waals surface area contributed by atoms with Gasteiger partial charge in [0.05, 0.1) is 4.88 Å². The Kier molecular flexibility index (Phi) is 3.77. The second-order valence-electron chi connectivity index (χ2n) is 4.63. The lowest BCUT2D eigenvalue weighted by molar-refractivity contribution is 0.0884. The fourth-order valence-electron chi connectivity index (χ4n) is 2.45. The van der Waals surface area contributed by atoms with Gasteiger partial charge < -0.3 is 5.32 Å². The smallest absolute Gasteiger partial charge is 0.176 e. The highest BCUT2D eigenvalue weighted by atomic mass is 32.1. The second-order valence-corrected chi connectivity index (χ2v) is 5.55. The zero-order valence-corrected chi connectivity index (χ0v) is 10.8. The average Bonchev–Trinajstić information content (AvgIpc) is 2.75. The molecule has 0 saturated heterocycles. The summed E-state index contributed by atoms with van der Waals surface area (Å²) in [5.41, 5.74) is 1.14. The number of rotatable bonds is 3. The zero-order valence-electron chi connectivity index (χ0n) is 9.95. The van der Waals surface area contributed by atoms with Crippen LogP contribution in [0.25, 0.3) is 0 Å². The van der Waals surface area contributed by atoms with Crippen LogP contribution >= 0.6 is 11.3 Å². The molecule has 1 aromatic rings. The monoisotopic (exact) mass is 237 g/mol. The number of hydrogen-bond acceptors (Lipinski definition) is 3. The standard InChI is InChI=1S/C13H19NOS/c1-9-7-8-16-13(9)12(15)10-3-5-11(14-2)6-4-10/h7-8,10-11,14H,3-6H2,1-2H3. The number of Topliss-reactive ketones (excluding diaryl/α,β-unsaturated/α-hetero) is 1. The zero-order chi connectivity index (χ0) is 11.5. The number of thiophene rings is 1. The van der Waals surface area contributed by atoms with Crippen molar-refractivity contribution in [2.75, 3.05) is 7.05 Å². The molecule has 2 rings (SSSR count). The van der Waals surface area contributed by atoms with Gasteiger partial charge in [-0.1, -0.05) is 0 Å². The summed E-state index contributed by atoms with van der Waals surface area (Å²) in [5, 5.41) is 5.32. The fraction of sp³-hybridized carbons (Fsp3) is 0.615. The molecule has 1 aliphatic rings. The van der Waals surface area contributed by atoms with Crippen molar-refractivity contribution in [1.82, 2.24) is 5.32 Å². The molecular weight excluding hydrogens is 218 g/mol. The van der Waals surface area contributed by atoms with E-state index in [1.807, 2.05) is 25.4 Å². The molecule has 1 aliphatic carbocycles. The first-order valence-corrected chi connectivity index (χ1v) is 6.86. The third-order valence-electron chi connectivity index (χ3n) is 3.59. The predicted octanol–water partition coefficient (Wildman–Crippen LogP) is 3.02. The quantitative estimate of drug-likeness (QED) is 0.819. The van der Waals surface area contributed by atoms with Crippen LogP contribution in [0.4, 0.5) is 0 Å². The summed E-state index contributed by atoms with van der Waals surface area (Å²) in [6.07, 6.45) is 4.36. The van der Waals surface area contributed by atoms with Crippen LogP contribution in [-0.2, 0) is 0 Å². The van der Waals surface area contributed by atoms with Crippen LogP contribution in [-0.4, -0.2) is 18.9 Å². The lowest BCUT2D eigenvalue weighted by Crippen LogP contribution is -2.32. The third kappa shape index (κ3) is 2.36. The van der Waals surface area contributed by atoms with Gasteiger partial charge in [-0.3, -0.25) is 4.79 Å². The summed E-state index contributed by atoms with van der Waals surface area (Å²) in [7, 11) is 2.01. The molecule has 0 spiro atoms. The minimum absolute atomic E-state index is 0.266. The molecule has 0 bridgehead atoms. The van der Waals surface area contributed by atoms with Gasteiger partial charge in [-0.2, -0.15) is 0 Å². The summed E-state index contributed by atoms with van der Waals surface area (Å²) in [4.78, 5) is 13.2. The van der Waals surface area contributed by atoms with E-state index in [2.05, 4.69) is 5.32 Å². The average molecular weight is 237 g/mol.